The average Bonchev–Trinajstić information content (AvgIpc) is 2.74. The van der Waals surface area contributed by atoms with Crippen molar-refractivity contribution >= 4 is 45.4 Å². The Labute approximate surface area is 185 Å². The van der Waals surface area contributed by atoms with E-state index in [1.54, 1.807) is 30.0 Å². The largest absolute Gasteiger partial charge is 0.354 e. The SMILES string of the molecule is CSCCC(NC(=O)c1ccccc1Br)C(=O)NCCNC(=O)C1CCCCC1. The van der Waals surface area contributed by atoms with E-state index in [1.165, 1.54) is 6.42 Å². The summed E-state index contributed by atoms with van der Waals surface area (Å²) in [4.78, 5) is 37.3. The molecule has 1 saturated carbocycles. The molecule has 0 heterocycles. The van der Waals surface area contributed by atoms with Gasteiger partial charge < -0.3 is 16.0 Å². The number of hydrogen-bond donors (Lipinski definition) is 3. The van der Waals surface area contributed by atoms with Gasteiger partial charge >= 0.3 is 0 Å². The van der Waals surface area contributed by atoms with Crippen LogP contribution in [-0.4, -0.2) is 48.9 Å². The number of hydrogen-bond acceptors (Lipinski definition) is 4. The summed E-state index contributed by atoms with van der Waals surface area (Å²) in [7, 11) is 0. The lowest BCUT2D eigenvalue weighted by atomic mass is 9.89. The molecule has 3 N–H and O–H groups in total. The number of rotatable bonds is 10. The molecule has 1 aliphatic carbocycles. The molecule has 1 aromatic rings. The Balaban J connectivity index is 1.80. The predicted molar refractivity (Wildman–Crippen MR) is 121 cm³/mol. The van der Waals surface area contributed by atoms with E-state index in [-0.39, 0.29) is 23.6 Å². The van der Waals surface area contributed by atoms with Gasteiger partial charge in [-0.25, -0.2) is 0 Å². The molecule has 3 amide bonds. The lowest BCUT2D eigenvalue weighted by Crippen LogP contribution is -2.48. The molecule has 1 unspecified atom stereocenters. The van der Waals surface area contributed by atoms with Crippen LogP contribution in [0.15, 0.2) is 28.7 Å². The summed E-state index contributed by atoms with van der Waals surface area (Å²) >= 11 is 4.99. The van der Waals surface area contributed by atoms with Gasteiger partial charge in [0, 0.05) is 23.5 Å². The summed E-state index contributed by atoms with van der Waals surface area (Å²) in [5, 5.41) is 8.57. The lowest BCUT2D eigenvalue weighted by molar-refractivity contribution is -0.126. The van der Waals surface area contributed by atoms with E-state index in [9.17, 15) is 14.4 Å². The molecule has 0 aromatic heterocycles. The molecular weight excluding hydrogens is 454 g/mol. The highest BCUT2D eigenvalue weighted by molar-refractivity contribution is 9.10. The van der Waals surface area contributed by atoms with E-state index in [4.69, 9.17) is 0 Å². The van der Waals surface area contributed by atoms with Crippen LogP contribution in [0, 0.1) is 5.92 Å². The van der Waals surface area contributed by atoms with E-state index in [1.807, 2.05) is 12.3 Å². The first-order valence-electron chi connectivity index (χ1n) is 10.1. The molecule has 8 heteroatoms. The monoisotopic (exact) mass is 483 g/mol. The van der Waals surface area contributed by atoms with Crippen LogP contribution in [0.25, 0.3) is 0 Å². The van der Waals surface area contributed by atoms with Gasteiger partial charge in [-0.15, -0.1) is 0 Å². The fourth-order valence-electron chi connectivity index (χ4n) is 3.39. The zero-order valence-corrected chi connectivity index (χ0v) is 19.2. The first kappa shape index (κ1) is 23.7. The maximum Gasteiger partial charge on any atom is 0.253 e. The van der Waals surface area contributed by atoms with Gasteiger partial charge in [-0.2, -0.15) is 11.8 Å². The van der Waals surface area contributed by atoms with Crippen molar-refractivity contribution in [1.82, 2.24) is 16.0 Å². The van der Waals surface area contributed by atoms with Gasteiger partial charge in [-0.3, -0.25) is 14.4 Å². The van der Waals surface area contributed by atoms with E-state index < -0.39 is 6.04 Å². The summed E-state index contributed by atoms with van der Waals surface area (Å²) in [6, 6.07) is 6.51. The van der Waals surface area contributed by atoms with Crippen molar-refractivity contribution in [3.8, 4) is 0 Å². The second kappa shape index (κ2) is 12.9. The van der Waals surface area contributed by atoms with Gasteiger partial charge in [-0.05, 0) is 59.3 Å². The maximum atomic E-state index is 12.6. The van der Waals surface area contributed by atoms with Crippen molar-refractivity contribution in [1.29, 1.82) is 0 Å². The Morgan fingerprint density at radius 3 is 2.48 bits per heavy atom. The highest BCUT2D eigenvalue weighted by Crippen LogP contribution is 2.23. The van der Waals surface area contributed by atoms with Gasteiger partial charge in [0.15, 0.2) is 0 Å². The summed E-state index contributed by atoms with van der Waals surface area (Å²) in [6.45, 7) is 0.743. The van der Waals surface area contributed by atoms with Crippen LogP contribution in [0.3, 0.4) is 0 Å². The third kappa shape index (κ3) is 8.01. The number of carbonyl (C=O) groups is 3. The normalized spacial score (nSPS) is 15.4. The Bertz CT molecular complexity index is 696. The van der Waals surface area contributed by atoms with Crippen molar-refractivity contribution in [2.45, 2.75) is 44.6 Å². The number of amides is 3. The summed E-state index contributed by atoms with van der Waals surface area (Å²) in [6.07, 6.45) is 7.85. The maximum absolute atomic E-state index is 12.6. The average molecular weight is 484 g/mol. The molecule has 1 aliphatic rings. The molecule has 1 atom stereocenters. The molecule has 0 radical (unpaired) electrons. The number of thioether (sulfide) groups is 1. The second-order valence-corrected chi connectivity index (χ2v) is 9.04. The number of nitrogens with one attached hydrogen (secondary N) is 3. The number of halogens is 1. The van der Waals surface area contributed by atoms with E-state index in [2.05, 4.69) is 31.9 Å². The summed E-state index contributed by atoms with van der Waals surface area (Å²) in [5.74, 6) is 0.431. The van der Waals surface area contributed by atoms with Gasteiger partial charge in [0.05, 0.1) is 5.56 Å². The topological polar surface area (TPSA) is 87.3 Å². The van der Waals surface area contributed by atoms with Gasteiger partial charge in [0.1, 0.15) is 6.04 Å². The van der Waals surface area contributed by atoms with Gasteiger partial charge in [0.2, 0.25) is 11.8 Å². The Kier molecular flexibility index (Phi) is 10.6. The zero-order chi connectivity index (χ0) is 21.1. The first-order valence-corrected chi connectivity index (χ1v) is 12.3. The molecule has 6 nitrogen and oxygen atoms in total. The fourth-order valence-corrected chi connectivity index (χ4v) is 4.33. The van der Waals surface area contributed by atoms with Crippen molar-refractivity contribution in [2.75, 3.05) is 25.1 Å². The highest BCUT2D eigenvalue weighted by Gasteiger charge is 2.23. The third-order valence-corrected chi connectivity index (χ3v) is 6.39. The van der Waals surface area contributed by atoms with Crippen LogP contribution in [0.5, 0.6) is 0 Å². The molecule has 29 heavy (non-hydrogen) atoms. The van der Waals surface area contributed by atoms with Crippen LogP contribution >= 0.6 is 27.7 Å². The minimum atomic E-state index is -0.615. The van der Waals surface area contributed by atoms with Crippen LogP contribution in [0.2, 0.25) is 0 Å². The smallest absolute Gasteiger partial charge is 0.253 e. The van der Waals surface area contributed by atoms with Crippen molar-refractivity contribution in [3.63, 3.8) is 0 Å². The van der Waals surface area contributed by atoms with Crippen molar-refractivity contribution in [2.24, 2.45) is 5.92 Å². The quantitative estimate of drug-likeness (QED) is 0.446. The molecule has 0 aliphatic heterocycles. The fraction of sp³-hybridized carbons (Fsp3) is 0.571. The van der Waals surface area contributed by atoms with Gasteiger partial charge in [-0.1, -0.05) is 31.4 Å². The minimum absolute atomic E-state index is 0.0834. The zero-order valence-electron chi connectivity index (χ0n) is 16.8. The molecule has 1 fully saturated rings. The molecule has 2 rings (SSSR count). The Hall–Kier alpha value is -1.54. The van der Waals surface area contributed by atoms with E-state index in [0.29, 0.717) is 29.5 Å². The Morgan fingerprint density at radius 2 is 1.79 bits per heavy atom. The molecule has 160 valence electrons. The molecule has 0 saturated heterocycles. The summed E-state index contributed by atoms with van der Waals surface area (Å²) in [5.41, 5.74) is 0.495. The second-order valence-electron chi connectivity index (χ2n) is 7.20. The van der Waals surface area contributed by atoms with Crippen LogP contribution in [0.1, 0.15) is 48.9 Å². The molecule has 1 aromatic carbocycles. The van der Waals surface area contributed by atoms with Crippen molar-refractivity contribution in [3.05, 3.63) is 34.3 Å². The molecule has 0 bridgehead atoms. The number of benzene rings is 1. The van der Waals surface area contributed by atoms with E-state index >= 15 is 0 Å². The van der Waals surface area contributed by atoms with Gasteiger partial charge in [0.25, 0.3) is 5.91 Å². The van der Waals surface area contributed by atoms with Crippen LogP contribution in [-0.2, 0) is 9.59 Å². The third-order valence-electron chi connectivity index (χ3n) is 5.05. The molecule has 0 spiro atoms. The first-order chi connectivity index (χ1) is 14.0. The predicted octanol–water partition coefficient (Wildman–Crippen LogP) is 3.11. The highest BCUT2D eigenvalue weighted by atomic mass is 79.9. The Morgan fingerprint density at radius 1 is 1.10 bits per heavy atom. The number of carbonyl (C=O) groups excluding carboxylic acids is 3. The lowest BCUT2D eigenvalue weighted by Gasteiger charge is -2.21. The standard InChI is InChI=1S/C21H30BrN3O3S/c1-29-14-11-18(25-20(27)16-9-5-6-10-17(16)22)21(28)24-13-12-23-19(26)15-7-3-2-4-8-15/h5-6,9-10,15,18H,2-4,7-8,11-14H2,1H3,(H,23,26)(H,24,28)(H,25,27). The minimum Gasteiger partial charge on any atom is -0.354 e. The summed E-state index contributed by atoms with van der Waals surface area (Å²) < 4.78 is 0.687. The van der Waals surface area contributed by atoms with Crippen LogP contribution in [0.4, 0.5) is 0 Å². The van der Waals surface area contributed by atoms with E-state index in [0.717, 1.165) is 31.4 Å². The molecular formula is C21H30BrN3O3S. The van der Waals surface area contributed by atoms with Crippen molar-refractivity contribution < 1.29 is 14.4 Å². The van der Waals surface area contributed by atoms with Crippen LogP contribution < -0.4 is 16.0 Å².